The molecule has 98 valence electrons. The summed E-state index contributed by atoms with van der Waals surface area (Å²) in [6.45, 7) is 2.30. The zero-order valence-corrected chi connectivity index (χ0v) is 10.8. The molecular formula is C11H19ClN2O3. The van der Waals surface area contributed by atoms with E-state index in [4.69, 9.17) is 16.3 Å². The minimum atomic E-state index is -0.0510. The molecule has 0 saturated carbocycles. The average Bonchev–Trinajstić information content (AvgIpc) is 2.38. The summed E-state index contributed by atoms with van der Waals surface area (Å²) in [4.78, 5) is 24.8. The zero-order valence-electron chi connectivity index (χ0n) is 10.1. The Morgan fingerprint density at radius 1 is 1.41 bits per heavy atom. The summed E-state index contributed by atoms with van der Waals surface area (Å²) in [5, 5.41) is 2.82. The van der Waals surface area contributed by atoms with Gasteiger partial charge in [0.25, 0.3) is 0 Å². The number of piperidine rings is 1. The van der Waals surface area contributed by atoms with Crippen molar-refractivity contribution in [2.75, 3.05) is 39.2 Å². The molecule has 0 aliphatic carbocycles. The average molecular weight is 263 g/mol. The second-order valence-corrected chi connectivity index (χ2v) is 4.34. The lowest BCUT2D eigenvalue weighted by Gasteiger charge is -2.30. The minimum absolute atomic E-state index is 0.00577. The standard InChI is InChI=1S/C11H19ClN2O3/c1-17-7-4-13-11(16)9-2-5-14(6-3-9)10(15)8-12/h9H,2-8H2,1H3,(H,13,16). The molecule has 17 heavy (non-hydrogen) atoms. The fourth-order valence-electron chi connectivity index (χ4n) is 1.90. The van der Waals surface area contributed by atoms with E-state index >= 15 is 0 Å². The number of nitrogens with zero attached hydrogens (tertiary/aromatic N) is 1. The van der Waals surface area contributed by atoms with E-state index in [2.05, 4.69) is 5.32 Å². The monoisotopic (exact) mass is 262 g/mol. The SMILES string of the molecule is COCCNC(=O)C1CCN(C(=O)CCl)CC1. The molecule has 5 nitrogen and oxygen atoms in total. The van der Waals surface area contributed by atoms with Gasteiger partial charge in [0.15, 0.2) is 0 Å². The van der Waals surface area contributed by atoms with Crippen molar-refractivity contribution >= 4 is 23.4 Å². The van der Waals surface area contributed by atoms with E-state index in [1.54, 1.807) is 12.0 Å². The van der Waals surface area contributed by atoms with Gasteiger partial charge < -0.3 is 15.0 Å². The maximum absolute atomic E-state index is 11.7. The Morgan fingerprint density at radius 2 is 2.06 bits per heavy atom. The second kappa shape index (κ2) is 7.50. The Morgan fingerprint density at radius 3 is 2.59 bits per heavy atom. The molecule has 0 unspecified atom stereocenters. The lowest BCUT2D eigenvalue weighted by Crippen LogP contribution is -2.43. The third-order valence-corrected chi connectivity index (χ3v) is 3.17. The van der Waals surface area contributed by atoms with Gasteiger partial charge in [0.1, 0.15) is 5.88 Å². The van der Waals surface area contributed by atoms with Crippen LogP contribution in [0.15, 0.2) is 0 Å². The highest BCUT2D eigenvalue weighted by Crippen LogP contribution is 2.17. The first-order chi connectivity index (χ1) is 8.19. The van der Waals surface area contributed by atoms with Gasteiger partial charge >= 0.3 is 0 Å². The van der Waals surface area contributed by atoms with Crippen molar-refractivity contribution in [2.24, 2.45) is 5.92 Å². The Bertz CT molecular complexity index is 265. The fraction of sp³-hybridized carbons (Fsp3) is 0.818. The fourth-order valence-corrected chi connectivity index (χ4v) is 2.07. The Balaban J connectivity index is 2.26. The van der Waals surface area contributed by atoms with Crippen LogP contribution >= 0.6 is 11.6 Å². The van der Waals surface area contributed by atoms with Crippen LogP contribution in [0, 0.1) is 5.92 Å². The lowest BCUT2D eigenvalue weighted by atomic mass is 9.96. The molecule has 1 rings (SSSR count). The van der Waals surface area contributed by atoms with Crippen LogP contribution in [0.1, 0.15) is 12.8 Å². The van der Waals surface area contributed by atoms with E-state index in [-0.39, 0.29) is 23.6 Å². The maximum Gasteiger partial charge on any atom is 0.237 e. The summed E-state index contributed by atoms with van der Waals surface area (Å²) < 4.78 is 4.86. The highest BCUT2D eigenvalue weighted by atomic mass is 35.5. The lowest BCUT2D eigenvalue weighted by molar-refractivity contribution is -0.133. The zero-order chi connectivity index (χ0) is 12.7. The molecule has 6 heteroatoms. The summed E-state index contributed by atoms with van der Waals surface area (Å²) in [5.41, 5.74) is 0. The van der Waals surface area contributed by atoms with Crippen LogP contribution in [0.3, 0.4) is 0 Å². The van der Waals surface area contributed by atoms with Gasteiger partial charge in [0, 0.05) is 32.7 Å². The van der Waals surface area contributed by atoms with Crippen molar-refractivity contribution in [3.63, 3.8) is 0 Å². The van der Waals surface area contributed by atoms with Gasteiger partial charge in [0.2, 0.25) is 11.8 Å². The summed E-state index contributed by atoms with van der Waals surface area (Å²) >= 11 is 5.48. The number of rotatable bonds is 5. The van der Waals surface area contributed by atoms with Gasteiger partial charge in [-0.25, -0.2) is 0 Å². The van der Waals surface area contributed by atoms with Gasteiger partial charge in [-0.05, 0) is 12.8 Å². The van der Waals surface area contributed by atoms with Crippen LogP contribution < -0.4 is 5.32 Å². The number of methoxy groups -OCH3 is 1. The molecule has 0 aromatic rings. The Kier molecular flexibility index (Phi) is 6.29. The molecule has 0 aromatic carbocycles. The first-order valence-electron chi connectivity index (χ1n) is 5.79. The first-order valence-corrected chi connectivity index (χ1v) is 6.33. The summed E-state index contributed by atoms with van der Waals surface area (Å²) in [6.07, 6.45) is 1.42. The topological polar surface area (TPSA) is 58.6 Å². The van der Waals surface area contributed by atoms with Gasteiger partial charge in [-0.3, -0.25) is 9.59 Å². The third kappa shape index (κ3) is 4.52. The number of carbonyl (C=O) groups is 2. The second-order valence-electron chi connectivity index (χ2n) is 4.07. The highest BCUT2D eigenvalue weighted by Gasteiger charge is 2.26. The predicted molar refractivity (Wildman–Crippen MR) is 64.9 cm³/mol. The molecule has 0 aromatic heterocycles. The molecule has 1 aliphatic rings. The molecule has 1 fully saturated rings. The van der Waals surface area contributed by atoms with Crippen LogP contribution in [-0.4, -0.2) is 55.9 Å². The minimum Gasteiger partial charge on any atom is -0.383 e. The number of likely N-dealkylation sites (tertiary alicyclic amines) is 1. The number of carbonyl (C=O) groups excluding carboxylic acids is 2. The van der Waals surface area contributed by atoms with Gasteiger partial charge in [-0.1, -0.05) is 0 Å². The quantitative estimate of drug-likeness (QED) is 0.570. The largest absolute Gasteiger partial charge is 0.383 e. The molecule has 0 atom stereocenters. The first kappa shape index (κ1) is 14.3. The molecule has 0 bridgehead atoms. The number of amides is 2. The molecule has 0 radical (unpaired) electrons. The van der Waals surface area contributed by atoms with Gasteiger partial charge in [-0.2, -0.15) is 0 Å². The van der Waals surface area contributed by atoms with E-state index < -0.39 is 0 Å². The molecule has 0 spiro atoms. The van der Waals surface area contributed by atoms with Crippen molar-refractivity contribution in [3.8, 4) is 0 Å². The summed E-state index contributed by atoms with van der Waals surface area (Å²) in [7, 11) is 1.60. The van der Waals surface area contributed by atoms with E-state index in [0.717, 1.165) is 0 Å². The number of hydrogen-bond donors (Lipinski definition) is 1. The van der Waals surface area contributed by atoms with Crippen molar-refractivity contribution < 1.29 is 14.3 Å². The third-order valence-electron chi connectivity index (χ3n) is 2.94. The smallest absolute Gasteiger partial charge is 0.237 e. The summed E-state index contributed by atoms with van der Waals surface area (Å²) in [5.74, 6) is 0.0289. The summed E-state index contributed by atoms with van der Waals surface area (Å²) in [6, 6.07) is 0. The number of hydrogen-bond acceptors (Lipinski definition) is 3. The normalized spacial score (nSPS) is 16.9. The van der Waals surface area contributed by atoms with Crippen LogP contribution in [0.4, 0.5) is 0 Å². The number of ether oxygens (including phenoxy) is 1. The Labute approximate surface area is 106 Å². The van der Waals surface area contributed by atoms with Crippen molar-refractivity contribution in [1.82, 2.24) is 10.2 Å². The van der Waals surface area contributed by atoms with Crippen LogP contribution in [0.25, 0.3) is 0 Å². The number of halogens is 1. The predicted octanol–water partition coefficient (Wildman–Crippen LogP) is 0.226. The molecule has 1 N–H and O–H groups in total. The number of alkyl halides is 1. The van der Waals surface area contributed by atoms with E-state index in [0.29, 0.717) is 39.1 Å². The molecule has 2 amide bonds. The van der Waals surface area contributed by atoms with Crippen LogP contribution in [-0.2, 0) is 14.3 Å². The van der Waals surface area contributed by atoms with Crippen molar-refractivity contribution in [1.29, 1.82) is 0 Å². The van der Waals surface area contributed by atoms with E-state index in [9.17, 15) is 9.59 Å². The van der Waals surface area contributed by atoms with E-state index in [1.807, 2.05) is 0 Å². The highest BCUT2D eigenvalue weighted by molar-refractivity contribution is 6.27. The molecule has 1 aliphatic heterocycles. The maximum atomic E-state index is 11.7. The van der Waals surface area contributed by atoms with Gasteiger partial charge in [-0.15, -0.1) is 11.6 Å². The molecular weight excluding hydrogens is 244 g/mol. The number of nitrogens with one attached hydrogen (secondary N) is 1. The van der Waals surface area contributed by atoms with Crippen molar-refractivity contribution in [3.05, 3.63) is 0 Å². The van der Waals surface area contributed by atoms with Crippen molar-refractivity contribution in [2.45, 2.75) is 12.8 Å². The Hall–Kier alpha value is -0.810. The molecule has 1 saturated heterocycles. The van der Waals surface area contributed by atoms with Crippen LogP contribution in [0.2, 0.25) is 0 Å². The van der Waals surface area contributed by atoms with Crippen LogP contribution in [0.5, 0.6) is 0 Å². The van der Waals surface area contributed by atoms with Gasteiger partial charge in [0.05, 0.1) is 6.61 Å². The molecule has 1 heterocycles. The van der Waals surface area contributed by atoms with E-state index in [1.165, 1.54) is 0 Å².